The third kappa shape index (κ3) is 5.58. The highest BCUT2D eigenvalue weighted by molar-refractivity contribution is 5.65. The predicted molar refractivity (Wildman–Crippen MR) is 115 cm³/mol. The van der Waals surface area contributed by atoms with Crippen LogP contribution >= 0.6 is 0 Å². The largest absolute Gasteiger partial charge is 0.573 e. The first-order chi connectivity index (χ1) is 15.6. The van der Waals surface area contributed by atoms with Crippen molar-refractivity contribution in [3.05, 3.63) is 29.6 Å². The van der Waals surface area contributed by atoms with Crippen LogP contribution in [0, 0.1) is 12.7 Å². The van der Waals surface area contributed by atoms with Crippen LogP contribution in [0.4, 0.5) is 28.9 Å². The molecule has 1 aliphatic carbocycles. The van der Waals surface area contributed by atoms with E-state index in [1.807, 2.05) is 0 Å². The smallest absolute Gasteiger partial charge is 0.494 e. The van der Waals surface area contributed by atoms with Crippen LogP contribution in [0.25, 0.3) is 0 Å². The highest BCUT2D eigenvalue weighted by atomic mass is 19.4. The Balaban J connectivity index is 1.31. The molecular formula is C22H28F4N4O3. The lowest BCUT2D eigenvalue weighted by Crippen LogP contribution is -2.47. The van der Waals surface area contributed by atoms with Crippen molar-refractivity contribution in [2.45, 2.75) is 45.1 Å². The maximum Gasteiger partial charge on any atom is 0.573 e. The average molecular weight is 472 g/mol. The van der Waals surface area contributed by atoms with Gasteiger partial charge in [0.05, 0.1) is 5.69 Å². The number of benzene rings is 1. The molecule has 1 aliphatic heterocycles. The van der Waals surface area contributed by atoms with Crippen molar-refractivity contribution in [3.63, 3.8) is 0 Å². The molecular weight excluding hydrogens is 444 g/mol. The summed E-state index contributed by atoms with van der Waals surface area (Å²) in [5, 5.41) is 24.1. The second kappa shape index (κ2) is 9.20. The van der Waals surface area contributed by atoms with E-state index in [4.69, 9.17) is 0 Å². The lowest BCUT2D eigenvalue weighted by Gasteiger charge is -2.36. The van der Waals surface area contributed by atoms with Crippen LogP contribution in [-0.2, 0) is 6.54 Å². The Morgan fingerprint density at radius 2 is 1.76 bits per heavy atom. The van der Waals surface area contributed by atoms with Crippen molar-refractivity contribution in [2.24, 2.45) is 0 Å². The quantitative estimate of drug-likeness (QED) is 0.504. The first-order valence-corrected chi connectivity index (χ1v) is 11.0. The van der Waals surface area contributed by atoms with E-state index in [1.54, 1.807) is 11.8 Å². The van der Waals surface area contributed by atoms with Crippen molar-refractivity contribution < 1.29 is 32.5 Å². The molecule has 33 heavy (non-hydrogen) atoms. The Hall–Kier alpha value is -2.82. The Kier molecular flexibility index (Phi) is 6.51. The first kappa shape index (κ1) is 23.3. The number of aromatic hydroxyl groups is 2. The van der Waals surface area contributed by atoms with Gasteiger partial charge >= 0.3 is 6.36 Å². The molecule has 182 valence electrons. The molecule has 2 heterocycles. The van der Waals surface area contributed by atoms with Crippen LogP contribution in [0.15, 0.2) is 18.2 Å². The maximum atomic E-state index is 13.7. The monoisotopic (exact) mass is 472 g/mol. The molecule has 4 rings (SSSR count). The fourth-order valence-electron chi connectivity index (χ4n) is 4.15. The highest BCUT2D eigenvalue weighted by Crippen LogP contribution is 2.40. The summed E-state index contributed by atoms with van der Waals surface area (Å²) in [5.41, 5.74) is 1.29. The number of hydrogen-bond acceptors (Lipinski definition) is 6. The molecule has 3 N–H and O–H groups in total. The molecule has 1 saturated heterocycles. The fourth-order valence-corrected chi connectivity index (χ4v) is 4.15. The van der Waals surface area contributed by atoms with Gasteiger partial charge in [0.25, 0.3) is 0 Å². The number of nitrogens with one attached hydrogen (secondary N) is 1. The van der Waals surface area contributed by atoms with Gasteiger partial charge in [-0.2, -0.15) is 0 Å². The summed E-state index contributed by atoms with van der Waals surface area (Å²) in [5.74, 6) is -0.963. The van der Waals surface area contributed by atoms with Crippen molar-refractivity contribution >= 4 is 11.4 Å². The number of hydrogen-bond donors (Lipinski definition) is 3. The summed E-state index contributed by atoms with van der Waals surface area (Å²) in [7, 11) is 0. The topological polar surface area (TPSA) is 73.1 Å². The van der Waals surface area contributed by atoms with Gasteiger partial charge in [-0.25, -0.2) is 4.39 Å². The highest BCUT2D eigenvalue weighted by Gasteiger charge is 2.33. The molecule has 7 nitrogen and oxygen atoms in total. The molecule has 2 fully saturated rings. The molecule has 2 aromatic rings. The molecule has 1 saturated carbocycles. The summed E-state index contributed by atoms with van der Waals surface area (Å²) in [4.78, 5) is 3.83. The lowest BCUT2D eigenvalue weighted by atomic mass is 10.2. The average Bonchev–Trinajstić information content (AvgIpc) is 3.56. The Labute approximate surface area is 189 Å². The molecule has 0 radical (unpaired) electrons. The first-order valence-electron chi connectivity index (χ1n) is 11.0. The van der Waals surface area contributed by atoms with Gasteiger partial charge in [0, 0.05) is 50.4 Å². The van der Waals surface area contributed by atoms with Crippen LogP contribution in [0.5, 0.6) is 17.5 Å². The van der Waals surface area contributed by atoms with Crippen molar-refractivity contribution in [1.82, 2.24) is 9.47 Å². The number of aromatic nitrogens is 1. The van der Waals surface area contributed by atoms with E-state index in [2.05, 4.69) is 15.0 Å². The zero-order valence-corrected chi connectivity index (χ0v) is 18.3. The molecule has 0 atom stereocenters. The van der Waals surface area contributed by atoms with E-state index in [-0.39, 0.29) is 17.4 Å². The van der Waals surface area contributed by atoms with Gasteiger partial charge < -0.3 is 25.2 Å². The molecule has 1 aromatic heterocycles. The molecule has 0 spiro atoms. The molecule has 0 amide bonds. The van der Waals surface area contributed by atoms with Crippen molar-refractivity contribution in [1.29, 1.82) is 0 Å². The summed E-state index contributed by atoms with van der Waals surface area (Å²) >= 11 is 0. The van der Waals surface area contributed by atoms with Gasteiger partial charge in [-0.05, 0) is 44.9 Å². The van der Waals surface area contributed by atoms with E-state index in [1.165, 1.54) is 4.57 Å². The van der Waals surface area contributed by atoms with Gasteiger partial charge in [0.2, 0.25) is 5.88 Å². The number of halogens is 4. The van der Waals surface area contributed by atoms with Crippen LogP contribution in [0.1, 0.15) is 24.8 Å². The number of rotatable bonds is 8. The van der Waals surface area contributed by atoms with E-state index < -0.39 is 17.9 Å². The van der Waals surface area contributed by atoms with Gasteiger partial charge in [-0.1, -0.05) is 0 Å². The molecule has 0 bridgehead atoms. The Morgan fingerprint density at radius 3 is 2.39 bits per heavy atom. The number of piperazine rings is 1. The Morgan fingerprint density at radius 1 is 1.06 bits per heavy atom. The minimum Gasteiger partial charge on any atom is -0.494 e. The zero-order chi connectivity index (χ0) is 23.8. The maximum absolute atomic E-state index is 13.7. The SMILES string of the molecule is Cc1c(NC2CC2)c(O)n(CCCN2CCN(c3cc(F)ccc3OC(F)(F)F)CC2)c1O. The second-order valence-electron chi connectivity index (χ2n) is 8.56. The minimum atomic E-state index is -4.85. The van der Waals surface area contributed by atoms with Gasteiger partial charge in [-0.15, -0.1) is 13.2 Å². The number of nitrogens with zero attached hydrogens (tertiary/aromatic N) is 3. The summed E-state index contributed by atoms with van der Waals surface area (Å²) in [6.45, 7) is 4.89. The molecule has 2 aliphatic rings. The molecule has 1 aromatic carbocycles. The van der Waals surface area contributed by atoms with Gasteiger partial charge in [0.1, 0.15) is 11.5 Å². The summed E-state index contributed by atoms with van der Waals surface area (Å²) in [6.07, 6.45) is -2.08. The number of ether oxygens (including phenoxy) is 1. The van der Waals surface area contributed by atoms with E-state index >= 15 is 0 Å². The van der Waals surface area contributed by atoms with Gasteiger partial charge in [0.15, 0.2) is 11.6 Å². The molecule has 0 unspecified atom stereocenters. The van der Waals surface area contributed by atoms with Crippen LogP contribution in [0.3, 0.4) is 0 Å². The summed E-state index contributed by atoms with van der Waals surface area (Å²) < 4.78 is 57.3. The van der Waals surface area contributed by atoms with Gasteiger partial charge in [-0.3, -0.25) is 9.47 Å². The fraction of sp³-hybridized carbons (Fsp3) is 0.545. The standard InChI is InChI=1S/C22H28F4N4O3/c1-14-19(27-16-4-5-16)21(32)30(20(14)31)8-2-7-28-9-11-29(12-10-28)17-13-15(23)3-6-18(17)33-22(24,25)26/h3,6,13,16,27,31-32H,2,4-5,7-12H2,1H3. The third-order valence-corrected chi connectivity index (χ3v) is 6.09. The van der Waals surface area contributed by atoms with Crippen LogP contribution < -0.4 is 15.0 Å². The van der Waals surface area contributed by atoms with E-state index in [0.29, 0.717) is 63.0 Å². The van der Waals surface area contributed by atoms with Crippen molar-refractivity contribution in [2.75, 3.05) is 42.9 Å². The molecule has 11 heteroatoms. The van der Waals surface area contributed by atoms with E-state index in [9.17, 15) is 27.8 Å². The second-order valence-corrected chi connectivity index (χ2v) is 8.56. The number of anilines is 2. The van der Waals surface area contributed by atoms with Crippen LogP contribution in [-0.4, -0.2) is 64.8 Å². The summed E-state index contributed by atoms with van der Waals surface area (Å²) in [6, 6.07) is 3.35. The number of alkyl halides is 3. The normalized spacial score (nSPS) is 17.4. The van der Waals surface area contributed by atoms with Crippen LogP contribution in [0.2, 0.25) is 0 Å². The minimum absolute atomic E-state index is 0.0324. The lowest BCUT2D eigenvalue weighted by molar-refractivity contribution is -0.274. The Bertz CT molecular complexity index is 983. The third-order valence-electron chi connectivity index (χ3n) is 6.09. The zero-order valence-electron chi connectivity index (χ0n) is 18.3. The van der Waals surface area contributed by atoms with Crippen molar-refractivity contribution in [3.8, 4) is 17.5 Å². The van der Waals surface area contributed by atoms with E-state index in [0.717, 1.165) is 31.0 Å². The predicted octanol–water partition coefficient (Wildman–Crippen LogP) is 4.03.